The van der Waals surface area contributed by atoms with Gasteiger partial charge in [0, 0.05) is 44.5 Å². The van der Waals surface area contributed by atoms with E-state index < -0.39 is 6.10 Å². The molecule has 0 unspecified atom stereocenters. The summed E-state index contributed by atoms with van der Waals surface area (Å²) in [5.74, 6) is 0.875. The SMILES string of the molecule is O=C1OCC(N2CCOC3(CCN(C[C@@H](O)c4ccc(-n5cnnn5)nc4)CC3)C2)=C1C1CC1. The molecule has 5 heterocycles. The largest absolute Gasteiger partial charge is 0.456 e. The third-order valence-electron chi connectivity index (χ3n) is 7.42. The first-order valence-electron chi connectivity index (χ1n) is 12.0. The van der Waals surface area contributed by atoms with Gasteiger partial charge in [0.25, 0.3) is 0 Å². The van der Waals surface area contributed by atoms with Crippen molar-refractivity contribution in [2.45, 2.75) is 37.4 Å². The molecule has 180 valence electrons. The van der Waals surface area contributed by atoms with Crippen LogP contribution in [0.2, 0.25) is 0 Å². The minimum Gasteiger partial charge on any atom is -0.456 e. The van der Waals surface area contributed by atoms with E-state index in [1.807, 2.05) is 6.07 Å². The average Bonchev–Trinajstić information content (AvgIpc) is 3.38. The van der Waals surface area contributed by atoms with E-state index in [2.05, 4.69) is 30.3 Å². The van der Waals surface area contributed by atoms with Gasteiger partial charge in [-0.2, -0.15) is 4.68 Å². The van der Waals surface area contributed by atoms with Crippen LogP contribution in [0.3, 0.4) is 0 Å². The minimum absolute atomic E-state index is 0.123. The molecule has 1 saturated carbocycles. The molecule has 1 N–H and O–H groups in total. The van der Waals surface area contributed by atoms with Crippen molar-refractivity contribution in [2.24, 2.45) is 5.92 Å². The molecule has 11 nitrogen and oxygen atoms in total. The number of esters is 1. The Bertz CT molecular complexity index is 1060. The molecule has 1 atom stereocenters. The first-order chi connectivity index (χ1) is 16.6. The number of piperidine rings is 1. The lowest BCUT2D eigenvalue weighted by molar-refractivity contribution is -0.137. The summed E-state index contributed by atoms with van der Waals surface area (Å²) in [6.07, 6.45) is 6.51. The van der Waals surface area contributed by atoms with Crippen LogP contribution in [0.25, 0.3) is 5.82 Å². The zero-order chi connectivity index (χ0) is 23.1. The van der Waals surface area contributed by atoms with Gasteiger partial charge in [0.2, 0.25) is 0 Å². The Morgan fingerprint density at radius 2 is 2.06 bits per heavy atom. The number of nitrogens with zero attached hydrogens (tertiary/aromatic N) is 7. The van der Waals surface area contributed by atoms with Crippen molar-refractivity contribution in [1.82, 2.24) is 35.0 Å². The van der Waals surface area contributed by atoms with Gasteiger partial charge in [0.05, 0.1) is 29.6 Å². The number of β-amino-alcohol motifs (C(OH)–C–C–N with tert-alkyl or cyclic N) is 1. The molecule has 2 aromatic rings. The fourth-order valence-corrected chi connectivity index (χ4v) is 5.31. The van der Waals surface area contributed by atoms with Crippen molar-refractivity contribution in [3.63, 3.8) is 0 Å². The van der Waals surface area contributed by atoms with E-state index in [0.29, 0.717) is 31.5 Å². The predicted molar refractivity (Wildman–Crippen MR) is 119 cm³/mol. The van der Waals surface area contributed by atoms with E-state index in [-0.39, 0.29) is 11.6 Å². The monoisotopic (exact) mass is 467 g/mol. The smallest absolute Gasteiger partial charge is 0.336 e. The number of tetrazole rings is 1. The van der Waals surface area contributed by atoms with Gasteiger partial charge in [0.15, 0.2) is 5.82 Å². The number of aliphatic hydroxyl groups excluding tert-OH is 1. The van der Waals surface area contributed by atoms with Crippen LogP contribution in [0.1, 0.15) is 37.4 Å². The predicted octanol–water partition coefficient (Wildman–Crippen LogP) is 0.478. The number of pyridine rings is 1. The number of aliphatic hydroxyl groups is 1. The molecule has 0 bridgehead atoms. The fourth-order valence-electron chi connectivity index (χ4n) is 5.31. The lowest BCUT2D eigenvalue weighted by Crippen LogP contribution is -2.57. The van der Waals surface area contributed by atoms with Gasteiger partial charge in [-0.3, -0.25) is 0 Å². The summed E-state index contributed by atoms with van der Waals surface area (Å²) in [6, 6.07) is 3.66. The molecule has 3 fully saturated rings. The minimum atomic E-state index is -0.624. The van der Waals surface area contributed by atoms with E-state index >= 15 is 0 Å². The highest BCUT2D eigenvalue weighted by atomic mass is 16.5. The number of carbonyl (C=O) groups is 1. The topological polar surface area (TPSA) is 119 Å². The van der Waals surface area contributed by atoms with Gasteiger partial charge in [-0.05, 0) is 48.1 Å². The van der Waals surface area contributed by atoms with Crippen molar-refractivity contribution >= 4 is 5.97 Å². The maximum atomic E-state index is 12.2. The highest BCUT2D eigenvalue weighted by Crippen LogP contribution is 2.42. The molecule has 1 spiro atoms. The van der Waals surface area contributed by atoms with Gasteiger partial charge in [-0.15, -0.1) is 5.10 Å². The summed E-state index contributed by atoms with van der Waals surface area (Å²) in [6.45, 7) is 4.92. The highest BCUT2D eigenvalue weighted by Gasteiger charge is 2.44. The Balaban J connectivity index is 1.06. The second-order valence-corrected chi connectivity index (χ2v) is 9.68. The van der Waals surface area contributed by atoms with E-state index in [1.165, 1.54) is 11.0 Å². The lowest BCUT2D eigenvalue weighted by Gasteiger charge is -2.48. The summed E-state index contributed by atoms with van der Waals surface area (Å²) < 4.78 is 13.2. The maximum absolute atomic E-state index is 12.2. The number of hydrogen-bond donors (Lipinski definition) is 1. The van der Waals surface area contributed by atoms with E-state index in [9.17, 15) is 9.90 Å². The van der Waals surface area contributed by atoms with Gasteiger partial charge < -0.3 is 24.4 Å². The standard InChI is InChI=1S/C23H29N7O4/c31-19(17-3-4-20(24-11-17)30-15-25-26-27-30)12-28-7-5-23(6-8-28)14-29(9-10-34-23)18-13-33-22(32)21(18)16-1-2-16/h3-4,11,15-16,19,31H,1-2,5-10,12-14H2/t19-/m1/s1. The van der Waals surface area contributed by atoms with E-state index in [0.717, 1.165) is 68.7 Å². The molecule has 1 aliphatic carbocycles. The fraction of sp³-hybridized carbons (Fsp3) is 0.609. The van der Waals surface area contributed by atoms with Crippen molar-refractivity contribution < 1.29 is 19.4 Å². The molecule has 34 heavy (non-hydrogen) atoms. The van der Waals surface area contributed by atoms with Crippen LogP contribution in [0.15, 0.2) is 35.9 Å². The molecule has 11 heteroatoms. The number of cyclic esters (lactones) is 1. The molecule has 0 aromatic carbocycles. The van der Waals surface area contributed by atoms with Crippen LogP contribution in [0, 0.1) is 5.92 Å². The Labute approximate surface area is 197 Å². The van der Waals surface area contributed by atoms with E-state index in [4.69, 9.17) is 9.47 Å². The molecule has 4 aliphatic rings. The number of hydrogen-bond acceptors (Lipinski definition) is 10. The van der Waals surface area contributed by atoms with Crippen molar-refractivity contribution in [3.05, 3.63) is 41.5 Å². The van der Waals surface area contributed by atoms with Crippen LogP contribution in [0.4, 0.5) is 0 Å². The third-order valence-corrected chi connectivity index (χ3v) is 7.42. The van der Waals surface area contributed by atoms with Gasteiger partial charge in [0.1, 0.15) is 12.9 Å². The Kier molecular flexibility index (Phi) is 5.54. The zero-order valence-corrected chi connectivity index (χ0v) is 19.0. The summed E-state index contributed by atoms with van der Waals surface area (Å²) in [5.41, 5.74) is 2.56. The average molecular weight is 468 g/mol. The number of carbonyl (C=O) groups excluding carboxylic acids is 1. The Morgan fingerprint density at radius 3 is 2.76 bits per heavy atom. The molecule has 2 saturated heterocycles. The van der Waals surface area contributed by atoms with Gasteiger partial charge >= 0.3 is 5.97 Å². The number of likely N-dealkylation sites (tertiary alicyclic amines) is 1. The molecule has 3 aliphatic heterocycles. The third kappa shape index (κ3) is 4.19. The first-order valence-corrected chi connectivity index (χ1v) is 12.0. The van der Waals surface area contributed by atoms with Gasteiger partial charge in [-0.1, -0.05) is 6.07 Å². The maximum Gasteiger partial charge on any atom is 0.336 e. The first kappa shape index (κ1) is 21.6. The summed E-state index contributed by atoms with van der Waals surface area (Å²) in [4.78, 5) is 21.2. The zero-order valence-electron chi connectivity index (χ0n) is 19.0. The van der Waals surface area contributed by atoms with Crippen LogP contribution in [-0.2, 0) is 14.3 Å². The van der Waals surface area contributed by atoms with Crippen LogP contribution >= 0.6 is 0 Å². The quantitative estimate of drug-likeness (QED) is 0.601. The number of aromatic nitrogens is 5. The van der Waals surface area contributed by atoms with Crippen LogP contribution in [-0.4, -0.2) is 97.6 Å². The molecular weight excluding hydrogens is 438 g/mol. The molecule has 2 aromatic heterocycles. The summed E-state index contributed by atoms with van der Waals surface area (Å²) in [7, 11) is 0. The summed E-state index contributed by atoms with van der Waals surface area (Å²) in [5, 5.41) is 21.8. The molecule has 0 amide bonds. The van der Waals surface area contributed by atoms with Crippen LogP contribution < -0.4 is 0 Å². The molecule has 6 rings (SSSR count). The lowest BCUT2D eigenvalue weighted by atomic mass is 9.88. The Morgan fingerprint density at radius 1 is 1.21 bits per heavy atom. The van der Waals surface area contributed by atoms with Crippen molar-refractivity contribution in [2.75, 3.05) is 45.9 Å². The summed E-state index contributed by atoms with van der Waals surface area (Å²) >= 11 is 0. The highest BCUT2D eigenvalue weighted by molar-refractivity contribution is 5.92. The van der Waals surface area contributed by atoms with E-state index in [1.54, 1.807) is 12.3 Å². The number of morpholine rings is 1. The molecular formula is C23H29N7O4. The van der Waals surface area contributed by atoms with Gasteiger partial charge in [-0.25, -0.2) is 9.78 Å². The van der Waals surface area contributed by atoms with Crippen molar-refractivity contribution in [3.8, 4) is 5.82 Å². The normalized spacial score (nSPS) is 24.0. The van der Waals surface area contributed by atoms with Crippen molar-refractivity contribution in [1.29, 1.82) is 0 Å². The second kappa shape index (κ2) is 8.71. The number of ether oxygens (including phenoxy) is 2. The Hall–Kier alpha value is -2.89. The molecule has 0 radical (unpaired) electrons. The number of rotatable bonds is 6. The van der Waals surface area contributed by atoms with Crippen LogP contribution in [0.5, 0.6) is 0 Å². The second-order valence-electron chi connectivity index (χ2n) is 9.68.